The van der Waals surface area contributed by atoms with E-state index in [9.17, 15) is 0 Å². The highest BCUT2D eigenvalue weighted by atomic mass is 15.2. The highest BCUT2D eigenvalue weighted by molar-refractivity contribution is 4.96. The van der Waals surface area contributed by atoms with Gasteiger partial charge in [0.25, 0.3) is 0 Å². The fourth-order valence-electron chi connectivity index (χ4n) is 2.81. The third-order valence-corrected chi connectivity index (χ3v) is 3.99. The van der Waals surface area contributed by atoms with Crippen molar-refractivity contribution >= 4 is 0 Å². The van der Waals surface area contributed by atoms with Crippen molar-refractivity contribution in [2.75, 3.05) is 13.1 Å². The molecule has 0 unspecified atom stereocenters. The van der Waals surface area contributed by atoms with E-state index in [0.717, 1.165) is 18.9 Å². The molecule has 2 rings (SSSR count). The Kier molecular flexibility index (Phi) is 4.10. The van der Waals surface area contributed by atoms with Crippen LogP contribution in [0.15, 0.2) is 12.5 Å². The molecule has 3 nitrogen and oxygen atoms in total. The van der Waals surface area contributed by atoms with Gasteiger partial charge in [-0.05, 0) is 52.5 Å². The standard InChI is InChI=1S/C15H27N3/c1-5-14-11-17(12-16-14)9-13-7-6-8-18(10-13)15(2,3)4/h11-13H,5-10H2,1-4H3/t13-/m0/s1. The van der Waals surface area contributed by atoms with Gasteiger partial charge in [-0.1, -0.05) is 6.92 Å². The third-order valence-electron chi connectivity index (χ3n) is 3.99. The van der Waals surface area contributed by atoms with E-state index in [1.54, 1.807) is 0 Å². The Morgan fingerprint density at radius 1 is 1.39 bits per heavy atom. The third kappa shape index (κ3) is 3.35. The molecule has 1 aliphatic heterocycles. The van der Waals surface area contributed by atoms with E-state index in [0.29, 0.717) is 5.54 Å². The van der Waals surface area contributed by atoms with Gasteiger partial charge in [0.15, 0.2) is 0 Å². The van der Waals surface area contributed by atoms with Crippen LogP contribution in [0.5, 0.6) is 0 Å². The minimum atomic E-state index is 0.308. The highest BCUT2D eigenvalue weighted by Gasteiger charge is 2.27. The first-order chi connectivity index (χ1) is 8.49. The minimum absolute atomic E-state index is 0.308. The molecule has 18 heavy (non-hydrogen) atoms. The van der Waals surface area contributed by atoms with Gasteiger partial charge < -0.3 is 4.57 Å². The SMILES string of the molecule is CCc1cn(C[C@@H]2CCCN(C(C)(C)C)C2)cn1. The van der Waals surface area contributed by atoms with Crippen molar-refractivity contribution in [2.45, 2.75) is 59.0 Å². The maximum absolute atomic E-state index is 4.42. The van der Waals surface area contributed by atoms with Crippen LogP contribution in [0.3, 0.4) is 0 Å². The van der Waals surface area contributed by atoms with E-state index in [1.165, 1.54) is 31.6 Å². The molecule has 1 aromatic rings. The van der Waals surface area contributed by atoms with Crippen LogP contribution in [0, 0.1) is 5.92 Å². The zero-order valence-electron chi connectivity index (χ0n) is 12.3. The van der Waals surface area contributed by atoms with Crippen molar-refractivity contribution in [3.63, 3.8) is 0 Å². The normalized spacial score (nSPS) is 22.3. The lowest BCUT2D eigenvalue weighted by Gasteiger charge is -2.41. The van der Waals surface area contributed by atoms with Gasteiger partial charge in [0.2, 0.25) is 0 Å². The van der Waals surface area contributed by atoms with Crippen LogP contribution < -0.4 is 0 Å². The van der Waals surface area contributed by atoms with Crippen molar-refractivity contribution in [1.29, 1.82) is 0 Å². The number of rotatable bonds is 3. The number of likely N-dealkylation sites (tertiary alicyclic amines) is 1. The lowest BCUT2D eigenvalue weighted by molar-refractivity contribution is 0.0734. The van der Waals surface area contributed by atoms with Crippen molar-refractivity contribution in [3.8, 4) is 0 Å². The summed E-state index contributed by atoms with van der Waals surface area (Å²) < 4.78 is 2.27. The van der Waals surface area contributed by atoms with Crippen molar-refractivity contribution in [3.05, 3.63) is 18.2 Å². The lowest BCUT2D eigenvalue weighted by atomic mass is 9.93. The van der Waals surface area contributed by atoms with E-state index in [4.69, 9.17) is 0 Å². The van der Waals surface area contributed by atoms with Crippen LogP contribution in [0.25, 0.3) is 0 Å². The fourth-order valence-corrected chi connectivity index (χ4v) is 2.81. The highest BCUT2D eigenvalue weighted by Crippen LogP contribution is 2.24. The maximum Gasteiger partial charge on any atom is 0.0949 e. The maximum atomic E-state index is 4.42. The van der Waals surface area contributed by atoms with Crippen molar-refractivity contribution in [1.82, 2.24) is 14.5 Å². The predicted molar refractivity (Wildman–Crippen MR) is 75.7 cm³/mol. The molecule has 2 heterocycles. The van der Waals surface area contributed by atoms with Crippen LogP contribution in [-0.4, -0.2) is 33.1 Å². The van der Waals surface area contributed by atoms with Gasteiger partial charge in [0.05, 0.1) is 12.0 Å². The minimum Gasteiger partial charge on any atom is -0.337 e. The van der Waals surface area contributed by atoms with Gasteiger partial charge in [-0.2, -0.15) is 0 Å². The summed E-state index contributed by atoms with van der Waals surface area (Å²) in [7, 11) is 0. The molecule has 3 heteroatoms. The molecular formula is C15H27N3. The molecule has 1 aromatic heterocycles. The fraction of sp³-hybridized carbons (Fsp3) is 0.800. The molecule has 1 fully saturated rings. The first-order valence-electron chi connectivity index (χ1n) is 7.24. The molecule has 1 saturated heterocycles. The molecule has 1 atom stereocenters. The van der Waals surface area contributed by atoms with E-state index in [1.807, 2.05) is 6.33 Å². The summed E-state index contributed by atoms with van der Waals surface area (Å²) in [6, 6.07) is 0. The van der Waals surface area contributed by atoms with E-state index >= 15 is 0 Å². The Hall–Kier alpha value is -0.830. The lowest BCUT2D eigenvalue weighted by Crippen LogP contribution is -2.47. The Morgan fingerprint density at radius 2 is 2.17 bits per heavy atom. The van der Waals surface area contributed by atoms with Gasteiger partial charge in [-0.15, -0.1) is 0 Å². The Morgan fingerprint density at radius 3 is 2.78 bits per heavy atom. The average Bonchev–Trinajstić information content (AvgIpc) is 2.76. The van der Waals surface area contributed by atoms with Gasteiger partial charge in [-0.25, -0.2) is 4.98 Å². The largest absolute Gasteiger partial charge is 0.337 e. The summed E-state index contributed by atoms with van der Waals surface area (Å²) in [6.07, 6.45) is 7.92. The monoisotopic (exact) mass is 249 g/mol. The second kappa shape index (κ2) is 5.43. The quantitative estimate of drug-likeness (QED) is 0.821. The first-order valence-corrected chi connectivity index (χ1v) is 7.24. The average molecular weight is 249 g/mol. The number of hydrogen-bond donors (Lipinski definition) is 0. The summed E-state index contributed by atoms with van der Waals surface area (Å²) in [5.41, 5.74) is 1.51. The Balaban J connectivity index is 1.93. The summed E-state index contributed by atoms with van der Waals surface area (Å²) in [6.45, 7) is 12.7. The molecule has 102 valence electrons. The molecule has 0 aliphatic carbocycles. The van der Waals surface area contributed by atoms with Crippen LogP contribution in [0.1, 0.15) is 46.2 Å². The van der Waals surface area contributed by atoms with Gasteiger partial charge in [0, 0.05) is 24.8 Å². The molecular weight excluding hydrogens is 222 g/mol. The molecule has 0 saturated carbocycles. The first kappa shape index (κ1) is 13.6. The summed E-state index contributed by atoms with van der Waals surface area (Å²) in [4.78, 5) is 7.04. The van der Waals surface area contributed by atoms with Gasteiger partial charge in [-0.3, -0.25) is 4.90 Å². The topological polar surface area (TPSA) is 21.1 Å². The number of aromatic nitrogens is 2. The van der Waals surface area contributed by atoms with Crippen LogP contribution >= 0.6 is 0 Å². The number of hydrogen-bond acceptors (Lipinski definition) is 2. The van der Waals surface area contributed by atoms with E-state index < -0.39 is 0 Å². The van der Waals surface area contributed by atoms with Crippen molar-refractivity contribution in [2.24, 2.45) is 5.92 Å². The van der Waals surface area contributed by atoms with Gasteiger partial charge >= 0.3 is 0 Å². The second-order valence-corrected chi connectivity index (χ2v) is 6.54. The molecule has 0 bridgehead atoms. The number of piperidine rings is 1. The molecule has 0 amide bonds. The predicted octanol–water partition coefficient (Wildman–Crippen LogP) is 2.96. The molecule has 1 aliphatic rings. The zero-order chi connectivity index (χ0) is 13.2. The summed E-state index contributed by atoms with van der Waals surface area (Å²) >= 11 is 0. The van der Waals surface area contributed by atoms with E-state index in [-0.39, 0.29) is 0 Å². The number of imidazole rings is 1. The van der Waals surface area contributed by atoms with Crippen LogP contribution in [0.2, 0.25) is 0 Å². The molecule has 0 aromatic carbocycles. The number of nitrogens with zero attached hydrogens (tertiary/aromatic N) is 3. The summed E-state index contributed by atoms with van der Waals surface area (Å²) in [5.74, 6) is 0.775. The van der Waals surface area contributed by atoms with Crippen LogP contribution in [0.4, 0.5) is 0 Å². The van der Waals surface area contributed by atoms with Crippen molar-refractivity contribution < 1.29 is 0 Å². The van der Waals surface area contributed by atoms with Gasteiger partial charge in [0.1, 0.15) is 0 Å². The summed E-state index contributed by atoms with van der Waals surface area (Å²) in [5, 5.41) is 0. The van der Waals surface area contributed by atoms with E-state index in [2.05, 4.69) is 48.3 Å². The Labute approximate surface area is 111 Å². The Bertz CT molecular complexity index is 375. The zero-order valence-corrected chi connectivity index (χ0v) is 12.3. The molecule has 0 N–H and O–H groups in total. The van der Waals surface area contributed by atoms with Crippen LogP contribution in [-0.2, 0) is 13.0 Å². The molecule has 0 spiro atoms. The molecule has 0 radical (unpaired) electrons. The number of aryl methyl sites for hydroxylation is 1. The second-order valence-electron chi connectivity index (χ2n) is 6.54. The smallest absolute Gasteiger partial charge is 0.0949 e.